The van der Waals surface area contributed by atoms with Crippen LogP contribution in [0, 0.1) is 0 Å². The Bertz CT molecular complexity index is 1080. The zero-order chi connectivity index (χ0) is 43.4. The predicted octanol–water partition coefficient (Wildman–Crippen LogP) is 14.1. The highest BCUT2D eigenvalue weighted by Crippen LogP contribution is 2.38. The molecule has 0 aliphatic rings. The van der Waals surface area contributed by atoms with E-state index in [1.54, 1.807) is 0 Å². The summed E-state index contributed by atoms with van der Waals surface area (Å²) < 4.78 is 34.7. The molecule has 0 N–H and O–H groups in total. The Labute approximate surface area is 365 Å². The minimum Gasteiger partial charge on any atom is -0.756 e. The molecule has 346 valence electrons. The monoisotopic (exact) mass is 852 g/mol. The van der Waals surface area contributed by atoms with Crippen molar-refractivity contribution >= 4 is 13.8 Å². The van der Waals surface area contributed by atoms with Crippen molar-refractivity contribution in [1.82, 2.24) is 0 Å². The number of phosphoric acid groups is 1. The van der Waals surface area contributed by atoms with Crippen molar-refractivity contribution in [3.05, 3.63) is 48.6 Å². The van der Waals surface area contributed by atoms with Crippen LogP contribution < -0.4 is 4.89 Å². The molecule has 0 aliphatic heterocycles. The minimum absolute atomic E-state index is 0.0220. The summed E-state index contributed by atoms with van der Waals surface area (Å²) in [4.78, 5) is 25.1. The van der Waals surface area contributed by atoms with E-state index >= 15 is 0 Å². The van der Waals surface area contributed by atoms with Gasteiger partial charge < -0.3 is 27.9 Å². The Hall–Kier alpha value is -1.54. The maximum Gasteiger partial charge on any atom is 0.306 e. The van der Waals surface area contributed by atoms with Crippen LogP contribution in [0.2, 0.25) is 0 Å². The second-order valence-corrected chi connectivity index (χ2v) is 18.9. The summed E-state index contributed by atoms with van der Waals surface area (Å²) in [6, 6.07) is 0. The molecule has 0 aromatic rings. The van der Waals surface area contributed by atoms with Crippen molar-refractivity contribution in [3.8, 4) is 0 Å². The third kappa shape index (κ3) is 47.4. The average Bonchev–Trinajstić information content (AvgIpc) is 3.19. The molecular weight excluding hydrogens is 758 g/mol. The van der Waals surface area contributed by atoms with E-state index in [-0.39, 0.29) is 25.8 Å². The summed E-state index contributed by atoms with van der Waals surface area (Å²) in [6.45, 7) is 5.37. The van der Waals surface area contributed by atoms with E-state index in [4.69, 9.17) is 18.5 Å². The zero-order valence-electron chi connectivity index (χ0n) is 39.2. The number of likely N-dealkylation sites (N-methyl/N-ethyl adjacent to an activating group) is 1. The molecule has 2 atom stereocenters. The predicted molar refractivity (Wildman–Crippen MR) is 250 cm³/mol. The zero-order valence-corrected chi connectivity index (χ0v) is 40.1. The van der Waals surface area contributed by atoms with Crippen LogP contribution in [0.1, 0.15) is 206 Å². The molecule has 8 nitrogen and oxygen atoms in total. The van der Waals surface area contributed by atoms with Crippen LogP contribution >= 0.6 is 7.82 Å². The molecule has 0 saturated carbocycles. The fraction of sp³-hybridized carbons (Fsp3) is 0.820. The molecule has 59 heavy (non-hydrogen) atoms. The minimum atomic E-state index is -4.53. The molecule has 2 unspecified atom stereocenters. The highest BCUT2D eigenvalue weighted by Gasteiger charge is 2.20. The summed E-state index contributed by atoms with van der Waals surface area (Å²) in [5.74, 6) is -0.344. The van der Waals surface area contributed by atoms with Crippen molar-refractivity contribution in [1.29, 1.82) is 0 Å². The second kappa shape index (κ2) is 43.1. The fourth-order valence-electron chi connectivity index (χ4n) is 6.55. The maximum atomic E-state index is 12.7. The number of hydrogen-bond acceptors (Lipinski definition) is 7. The van der Waals surface area contributed by atoms with Crippen LogP contribution in [0.4, 0.5) is 0 Å². The molecule has 0 radical (unpaired) electrons. The van der Waals surface area contributed by atoms with Crippen molar-refractivity contribution in [3.63, 3.8) is 0 Å². The topological polar surface area (TPSA) is 94.1 Å². The number of rotatable bonds is 45. The molecule has 0 aromatic carbocycles. The first-order valence-corrected chi connectivity index (χ1v) is 25.8. The lowest BCUT2D eigenvalue weighted by Gasteiger charge is -2.28. The van der Waals surface area contributed by atoms with E-state index in [1.807, 2.05) is 21.1 Å². The Balaban J connectivity index is 4.21. The lowest BCUT2D eigenvalue weighted by molar-refractivity contribution is -0.870. The largest absolute Gasteiger partial charge is 0.756 e. The number of carbonyl (C=O) groups is 1. The van der Waals surface area contributed by atoms with Crippen LogP contribution in [-0.4, -0.2) is 70.7 Å². The first-order chi connectivity index (χ1) is 28.6. The molecule has 0 bridgehead atoms. The van der Waals surface area contributed by atoms with Gasteiger partial charge in [-0.15, -0.1) is 0 Å². The molecule has 0 aromatic heterocycles. The van der Waals surface area contributed by atoms with Crippen molar-refractivity contribution < 1.29 is 37.3 Å². The van der Waals surface area contributed by atoms with Crippen molar-refractivity contribution in [2.45, 2.75) is 213 Å². The summed E-state index contributed by atoms with van der Waals surface area (Å²) >= 11 is 0. The van der Waals surface area contributed by atoms with Gasteiger partial charge in [0.25, 0.3) is 7.82 Å². The first-order valence-electron chi connectivity index (χ1n) is 24.4. The van der Waals surface area contributed by atoms with Crippen LogP contribution in [-0.2, 0) is 27.9 Å². The van der Waals surface area contributed by atoms with E-state index in [9.17, 15) is 14.3 Å². The molecule has 9 heteroatoms. The van der Waals surface area contributed by atoms with Gasteiger partial charge in [0.2, 0.25) is 0 Å². The van der Waals surface area contributed by atoms with Gasteiger partial charge in [0.05, 0.1) is 34.4 Å². The van der Waals surface area contributed by atoms with Gasteiger partial charge in [-0.1, -0.05) is 172 Å². The maximum absolute atomic E-state index is 12.7. The molecule has 0 rings (SSSR count). The Morgan fingerprint density at radius 2 is 0.932 bits per heavy atom. The van der Waals surface area contributed by atoms with E-state index in [2.05, 4.69) is 62.5 Å². The number of ether oxygens (including phenoxy) is 2. The van der Waals surface area contributed by atoms with Gasteiger partial charge in [0, 0.05) is 13.0 Å². The quantitative estimate of drug-likeness (QED) is 0.0198. The van der Waals surface area contributed by atoms with Crippen LogP contribution in [0.25, 0.3) is 0 Å². The summed E-state index contributed by atoms with van der Waals surface area (Å²) in [5, 5.41) is 0. The molecule has 0 saturated heterocycles. The average molecular weight is 852 g/mol. The summed E-state index contributed by atoms with van der Waals surface area (Å²) in [7, 11) is 1.34. The van der Waals surface area contributed by atoms with Crippen LogP contribution in [0.15, 0.2) is 48.6 Å². The Morgan fingerprint density at radius 3 is 1.37 bits per heavy atom. The van der Waals surface area contributed by atoms with Crippen LogP contribution in [0.3, 0.4) is 0 Å². The highest BCUT2D eigenvalue weighted by atomic mass is 31.2. The molecule has 0 amide bonds. The van der Waals surface area contributed by atoms with E-state index in [0.717, 1.165) is 51.4 Å². The smallest absolute Gasteiger partial charge is 0.306 e. The number of carbonyl (C=O) groups excluding carboxylic acids is 1. The lowest BCUT2D eigenvalue weighted by atomic mass is 10.1. The van der Waals surface area contributed by atoms with Gasteiger partial charge >= 0.3 is 5.97 Å². The standard InChI is InChI=1S/C50H94NO7P/c1-6-8-10-12-14-16-18-20-22-24-26-28-30-32-34-36-38-40-42-45-55-47-49(48-57-59(53,54)56-46-44-51(3,4)5)58-50(52)43-41-39-37-35-33-31-29-27-25-23-21-19-17-15-13-11-9-7-2/h16-19,22-25,49H,6-15,20-21,26-48H2,1-5H3/b18-16-,19-17-,24-22-,25-23-. The van der Waals surface area contributed by atoms with Crippen LogP contribution in [0.5, 0.6) is 0 Å². The SMILES string of the molecule is CCCCCC/C=C\C/C=C\CCCCCCCCCCOCC(COP(=O)([O-])OCC[N+](C)(C)C)OC(=O)CCCCCCCCC/C=C\C/C=C\CCCCCC. The number of allylic oxidation sites excluding steroid dienone is 8. The van der Waals surface area contributed by atoms with Gasteiger partial charge in [-0.2, -0.15) is 0 Å². The lowest BCUT2D eigenvalue weighted by Crippen LogP contribution is -2.37. The fourth-order valence-corrected chi connectivity index (χ4v) is 7.28. The number of phosphoric ester groups is 1. The van der Waals surface area contributed by atoms with Gasteiger partial charge in [0.1, 0.15) is 19.3 Å². The molecule has 0 fully saturated rings. The first kappa shape index (κ1) is 57.5. The highest BCUT2D eigenvalue weighted by molar-refractivity contribution is 7.45. The van der Waals surface area contributed by atoms with Gasteiger partial charge in [-0.05, 0) is 77.0 Å². The van der Waals surface area contributed by atoms with Gasteiger partial charge in [-0.25, -0.2) is 0 Å². The Morgan fingerprint density at radius 1 is 0.525 bits per heavy atom. The Kier molecular flexibility index (Phi) is 42.0. The number of esters is 1. The third-order valence-corrected chi connectivity index (χ3v) is 11.3. The summed E-state index contributed by atoms with van der Waals surface area (Å²) in [6.07, 6.45) is 52.6. The van der Waals surface area contributed by atoms with Gasteiger partial charge in [-0.3, -0.25) is 9.36 Å². The molecule has 0 heterocycles. The molecule has 0 aliphatic carbocycles. The third-order valence-electron chi connectivity index (χ3n) is 10.4. The van der Waals surface area contributed by atoms with E-state index in [0.29, 0.717) is 24.1 Å². The number of nitrogens with zero attached hydrogens (tertiary/aromatic N) is 1. The van der Waals surface area contributed by atoms with Gasteiger partial charge in [0.15, 0.2) is 0 Å². The van der Waals surface area contributed by atoms with E-state index in [1.165, 1.54) is 135 Å². The molecule has 0 spiro atoms. The van der Waals surface area contributed by atoms with E-state index < -0.39 is 13.9 Å². The normalized spacial score (nSPS) is 14.1. The summed E-state index contributed by atoms with van der Waals surface area (Å²) in [5.41, 5.74) is 0. The number of unbranched alkanes of at least 4 members (excludes halogenated alkanes) is 23. The second-order valence-electron chi connectivity index (χ2n) is 17.5. The van der Waals surface area contributed by atoms with Crippen molar-refractivity contribution in [2.75, 3.05) is 54.1 Å². The number of quaternary nitrogens is 1. The number of hydrogen-bond donors (Lipinski definition) is 0. The van der Waals surface area contributed by atoms with Crippen molar-refractivity contribution in [2.24, 2.45) is 0 Å². The molecular formula is C50H94NO7P.